The Labute approximate surface area is 150 Å². The van der Waals surface area contributed by atoms with Crippen LogP contribution in [0, 0.1) is 0 Å². The molecule has 124 valence electrons. The number of methoxy groups -OCH3 is 1. The Morgan fingerprint density at radius 1 is 1.00 bits per heavy atom. The summed E-state index contributed by atoms with van der Waals surface area (Å²) in [6, 6.07) is 18.5. The van der Waals surface area contributed by atoms with Gasteiger partial charge in [0.2, 0.25) is 0 Å². The largest absolute Gasteiger partial charge is 0.497 e. The van der Waals surface area contributed by atoms with Crippen LogP contribution in [-0.2, 0) is 6.54 Å². The van der Waals surface area contributed by atoms with E-state index in [9.17, 15) is 0 Å². The Bertz CT molecular complexity index is 982. The number of fused-ring (bicyclic) bond motifs is 1. The van der Waals surface area contributed by atoms with E-state index in [0.717, 1.165) is 40.1 Å². The smallest absolute Gasteiger partial charge is 0.137 e. The fraction of sp³-hybridized carbons (Fsp3) is 0.100. The molecule has 0 bridgehead atoms. The van der Waals surface area contributed by atoms with Gasteiger partial charge in [0.05, 0.1) is 19.2 Å². The minimum absolute atomic E-state index is 0.760. The normalized spacial score (nSPS) is 10.8. The average Bonchev–Trinajstić information content (AvgIpc) is 3.19. The lowest BCUT2D eigenvalue weighted by atomic mass is 10.0. The van der Waals surface area contributed by atoms with Crippen LogP contribution in [0.1, 0.15) is 4.88 Å². The first-order valence-electron chi connectivity index (χ1n) is 7.99. The van der Waals surface area contributed by atoms with E-state index in [1.165, 1.54) is 4.88 Å². The van der Waals surface area contributed by atoms with Gasteiger partial charge in [0, 0.05) is 10.3 Å². The second-order valence-corrected chi connectivity index (χ2v) is 6.65. The van der Waals surface area contributed by atoms with Crippen molar-refractivity contribution in [3.05, 3.63) is 71.2 Å². The maximum atomic E-state index is 5.23. The molecule has 2 heterocycles. The molecule has 0 aliphatic carbocycles. The number of nitrogens with one attached hydrogen (secondary N) is 1. The summed E-state index contributed by atoms with van der Waals surface area (Å²) in [5, 5.41) is 6.53. The molecule has 5 heteroatoms. The maximum Gasteiger partial charge on any atom is 0.137 e. The second-order valence-electron chi connectivity index (χ2n) is 5.62. The predicted molar refractivity (Wildman–Crippen MR) is 103 cm³/mol. The molecule has 4 nitrogen and oxygen atoms in total. The van der Waals surface area contributed by atoms with Crippen LogP contribution in [0.3, 0.4) is 0 Å². The molecule has 2 aromatic carbocycles. The molecule has 0 saturated carbocycles. The topological polar surface area (TPSA) is 47.0 Å². The zero-order chi connectivity index (χ0) is 17.1. The van der Waals surface area contributed by atoms with E-state index >= 15 is 0 Å². The van der Waals surface area contributed by atoms with Gasteiger partial charge in [-0.05, 0) is 46.8 Å². The van der Waals surface area contributed by atoms with Gasteiger partial charge < -0.3 is 10.1 Å². The quantitative estimate of drug-likeness (QED) is 0.553. The molecule has 2 aromatic heterocycles. The van der Waals surface area contributed by atoms with Gasteiger partial charge in [-0.3, -0.25) is 0 Å². The number of hydrogen-bond donors (Lipinski definition) is 1. The van der Waals surface area contributed by atoms with Crippen molar-refractivity contribution in [2.45, 2.75) is 6.54 Å². The maximum absolute atomic E-state index is 5.23. The number of anilines is 1. The minimum atomic E-state index is 0.760. The standard InChI is InChI=1S/C20H17N3OS/c1-24-16-7-4-14(5-8-16)15-6-9-19-18(11-15)20(23-13-22-19)21-12-17-3-2-10-25-17/h2-11,13H,12H2,1H3,(H,21,22,23). The van der Waals surface area contributed by atoms with Gasteiger partial charge in [0.15, 0.2) is 0 Å². The van der Waals surface area contributed by atoms with Crippen LogP contribution in [0.5, 0.6) is 5.75 Å². The van der Waals surface area contributed by atoms with Gasteiger partial charge in [0.1, 0.15) is 17.9 Å². The van der Waals surface area contributed by atoms with Crippen LogP contribution in [0.15, 0.2) is 66.3 Å². The number of rotatable bonds is 5. The fourth-order valence-electron chi connectivity index (χ4n) is 2.74. The molecule has 0 aliphatic rings. The van der Waals surface area contributed by atoms with Crippen LogP contribution < -0.4 is 10.1 Å². The van der Waals surface area contributed by atoms with Gasteiger partial charge in [-0.15, -0.1) is 11.3 Å². The van der Waals surface area contributed by atoms with Crippen molar-refractivity contribution in [2.75, 3.05) is 12.4 Å². The van der Waals surface area contributed by atoms with Crippen molar-refractivity contribution >= 4 is 28.1 Å². The highest BCUT2D eigenvalue weighted by Gasteiger charge is 2.07. The zero-order valence-electron chi connectivity index (χ0n) is 13.8. The van der Waals surface area contributed by atoms with Gasteiger partial charge >= 0.3 is 0 Å². The van der Waals surface area contributed by atoms with E-state index in [1.807, 2.05) is 18.2 Å². The summed E-state index contributed by atoms with van der Waals surface area (Å²) in [6.07, 6.45) is 1.60. The Hall–Kier alpha value is -2.92. The molecule has 4 aromatic rings. The van der Waals surface area contributed by atoms with Crippen molar-refractivity contribution in [3.63, 3.8) is 0 Å². The number of benzene rings is 2. The van der Waals surface area contributed by atoms with Crippen molar-refractivity contribution in [1.29, 1.82) is 0 Å². The van der Waals surface area contributed by atoms with E-state index < -0.39 is 0 Å². The van der Waals surface area contributed by atoms with E-state index in [4.69, 9.17) is 4.74 Å². The molecule has 0 unspecified atom stereocenters. The Morgan fingerprint density at radius 2 is 1.84 bits per heavy atom. The molecule has 1 N–H and O–H groups in total. The van der Waals surface area contributed by atoms with E-state index in [2.05, 4.69) is 57.1 Å². The van der Waals surface area contributed by atoms with Gasteiger partial charge in [-0.1, -0.05) is 24.3 Å². The SMILES string of the molecule is COc1ccc(-c2ccc3ncnc(NCc4cccs4)c3c2)cc1. The highest BCUT2D eigenvalue weighted by atomic mass is 32.1. The molecule has 0 spiro atoms. The molecule has 4 rings (SSSR count). The van der Waals surface area contributed by atoms with E-state index in [-0.39, 0.29) is 0 Å². The number of thiophene rings is 1. The average molecular weight is 347 g/mol. The molecule has 0 aliphatic heterocycles. The second kappa shape index (κ2) is 6.91. The first-order valence-corrected chi connectivity index (χ1v) is 8.87. The number of aromatic nitrogens is 2. The monoisotopic (exact) mass is 347 g/mol. The number of nitrogens with zero attached hydrogens (tertiary/aromatic N) is 2. The summed E-state index contributed by atoms with van der Waals surface area (Å²) in [7, 11) is 1.67. The van der Waals surface area contributed by atoms with Gasteiger partial charge in [0.25, 0.3) is 0 Å². The zero-order valence-corrected chi connectivity index (χ0v) is 14.6. The van der Waals surface area contributed by atoms with Crippen molar-refractivity contribution in [1.82, 2.24) is 9.97 Å². The van der Waals surface area contributed by atoms with Crippen molar-refractivity contribution in [3.8, 4) is 16.9 Å². The lowest BCUT2D eigenvalue weighted by Gasteiger charge is -2.09. The third kappa shape index (κ3) is 3.32. The molecular formula is C20H17N3OS. The number of hydrogen-bond acceptors (Lipinski definition) is 5. The van der Waals surface area contributed by atoms with Crippen molar-refractivity contribution < 1.29 is 4.74 Å². The van der Waals surface area contributed by atoms with Crippen LogP contribution in [0.25, 0.3) is 22.0 Å². The van der Waals surface area contributed by atoms with E-state index in [1.54, 1.807) is 24.8 Å². The first-order chi connectivity index (χ1) is 12.3. The van der Waals surface area contributed by atoms with E-state index in [0.29, 0.717) is 0 Å². The van der Waals surface area contributed by atoms with Crippen LogP contribution in [0.4, 0.5) is 5.82 Å². The van der Waals surface area contributed by atoms with Crippen molar-refractivity contribution in [2.24, 2.45) is 0 Å². The lowest BCUT2D eigenvalue weighted by molar-refractivity contribution is 0.415. The lowest BCUT2D eigenvalue weighted by Crippen LogP contribution is -2.01. The Morgan fingerprint density at radius 3 is 2.60 bits per heavy atom. The predicted octanol–water partition coefficient (Wildman–Crippen LogP) is 4.98. The molecule has 0 amide bonds. The molecule has 0 fully saturated rings. The van der Waals surface area contributed by atoms with Crippen LogP contribution in [-0.4, -0.2) is 17.1 Å². The Kier molecular flexibility index (Phi) is 4.31. The summed E-state index contributed by atoms with van der Waals surface area (Å²) in [5.41, 5.74) is 3.20. The third-order valence-corrected chi connectivity index (χ3v) is 4.95. The minimum Gasteiger partial charge on any atom is -0.497 e. The van der Waals surface area contributed by atoms with Gasteiger partial charge in [-0.25, -0.2) is 9.97 Å². The summed E-state index contributed by atoms with van der Waals surface area (Å²) in [6.45, 7) is 0.760. The molecule has 0 saturated heterocycles. The molecule has 25 heavy (non-hydrogen) atoms. The summed E-state index contributed by atoms with van der Waals surface area (Å²) >= 11 is 1.73. The molecule has 0 radical (unpaired) electrons. The van der Waals surface area contributed by atoms with Crippen LogP contribution in [0.2, 0.25) is 0 Å². The fourth-order valence-corrected chi connectivity index (χ4v) is 3.39. The third-order valence-electron chi connectivity index (χ3n) is 4.07. The molecular weight excluding hydrogens is 330 g/mol. The highest BCUT2D eigenvalue weighted by Crippen LogP contribution is 2.28. The summed E-state index contributed by atoms with van der Waals surface area (Å²) in [5.74, 6) is 1.71. The first kappa shape index (κ1) is 15.6. The summed E-state index contributed by atoms with van der Waals surface area (Å²) in [4.78, 5) is 10.1. The molecule has 0 atom stereocenters. The van der Waals surface area contributed by atoms with Crippen LogP contribution >= 0.6 is 11.3 Å². The highest BCUT2D eigenvalue weighted by molar-refractivity contribution is 7.09. The number of ether oxygens (including phenoxy) is 1. The summed E-state index contributed by atoms with van der Waals surface area (Å²) < 4.78 is 5.23. The van der Waals surface area contributed by atoms with Gasteiger partial charge in [-0.2, -0.15) is 0 Å². The Balaban J connectivity index is 1.69.